The van der Waals surface area contributed by atoms with Gasteiger partial charge in [-0.2, -0.15) is 0 Å². The van der Waals surface area contributed by atoms with Crippen molar-refractivity contribution in [3.63, 3.8) is 0 Å². The molecule has 0 spiro atoms. The molecule has 0 aliphatic rings. The molecule has 1 unspecified atom stereocenters. The monoisotopic (exact) mass is 440 g/mol. The van der Waals surface area contributed by atoms with E-state index in [1.165, 1.54) is 6.07 Å². The van der Waals surface area contributed by atoms with Crippen LogP contribution in [0.5, 0.6) is 5.88 Å². The van der Waals surface area contributed by atoms with Crippen molar-refractivity contribution in [2.24, 2.45) is 0 Å². The molecule has 0 saturated carbocycles. The van der Waals surface area contributed by atoms with E-state index in [4.69, 9.17) is 16.3 Å². The summed E-state index contributed by atoms with van der Waals surface area (Å²) in [7, 11) is -3.75. The second-order valence-corrected chi connectivity index (χ2v) is 8.68. The fourth-order valence-electron chi connectivity index (χ4n) is 2.71. The Labute approximate surface area is 170 Å². The van der Waals surface area contributed by atoms with Gasteiger partial charge in [0.05, 0.1) is 0 Å². The second-order valence-electron chi connectivity index (χ2n) is 6.19. The van der Waals surface area contributed by atoms with Gasteiger partial charge >= 0.3 is 0 Å². The van der Waals surface area contributed by atoms with Crippen LogP contribution in [-0.4, -0.2) is 24.2 Å². The summed E-state index contributed by atoms with van der Waals surface area (Å²) in [6, 6.07) is 11.1. The molecule has 29 heavy (non-hydrogen) atoms. The third-order valence-electron chi connectivity index (χ3n) is 4.03. The standard InChI is InChI=1S/C19H15ClF2N2O4S/c1-29(26,27)19(12-5-3-2-4-6-12)24-11-23-17(16(20)18(24)25)28-10-13-7-8-14(21)9-15(13)22/h2-9,11,19H,10H2,1H3. The van der Waals surface area contributed by atoms with Crippen LogP contribution in [0, 0.1) is 11.6 Å². The topological polar surface area (TPSA) is 78.3 Å². The van der Waals surface area contributed by atoms with E-state index in [1.807, 2.05) is 0 Å². The summed E-state index contributed by atoms with van der Waals surface area (Å²) >= 11 is 6.04. The zero-order valence-corrected chi connectivity index (χ0v) is 16.6. The molecule has 0 aliphatic carbocycles. The van der Waals surface area contributed by atoms with Crippen LogP contribution in [0.15, 0.2) is 59.7 Å². The van der Waals surface area contributed by atoms with Crippen molar-refractivity contribution in [3.8, 4) is 5.88 Å². The summed E-state index contributed by atoms with van der Waals surface area (Å²) in [6.45, 7) is -0.351. The van der Waals surface area contributed by atoms with Crippen molar-refractivity contribution in [1.82, 2.24) is 9.55 Å². The molecule has 0 radical (unpaired) electrons. The van der Waals surface area contributed by atoms with E-state index in [0.29, 0.717) is 11.6 Å². The number of sulfone groups is 1. The Hall–Kier alpha value is -2.78. The van der Waals surface area contributed by atoms with Crippen LogP contribution in [-0.2, 0) is 16.4 Å². The maximum absolute atomic E-state index is 13.7. The van der Waals surface area contributed by atoms with Crippen LogP contribution in [0.25, 0.3) is 0 Å². The van der Waals surface area contributed by atoms with Gasteiger partial charge in [-0.15, -0.1) is 0 Å². The first-order chi connectivity index (χ1) is 13.7. The highest BCUT2D eigenvalue weighted by atomic mass is 35.5. The van der Waals surface area contributed by atoms with E-state index < -0.39 is 37.4 Å². The van der Waals surface area contributed by atoms with Crippen molar-refractivity contribution in [2.75, 3.05) is 6.26 Å². The minimum atomic E-state index is -3.75. The molecule has 6 nitrogen and oxygen atoms in total. The van der Waals surface area contributed by atoms with Gasteiger partial charge in [-0.1, -0.05) is 41.9 Å². The van der Waals surface area contributed by atoms with Gasteiger partial charge < -0.3 is 4.74 Å². The number of benzene rings is 2. The fourth-order valence-corrected chi connectivity index (χ4v) is 4.13. The highest BCUT2D eigenvalue weighted by Gasteiger charge is 2.27. The van der Waals surface area contributed by atoms with Gasteiger partial charge in [0, 0.05) is 17.9 Å². The maximum atomic E-state index is 13.7. The fraction of sp³-hybridized carbons (Fsp3) is 0.158. The Morgan fingerprint density at radius 2 is 1.86 bits per heavy atom. The average Bonchev–Trinajstić information content (AvgIpc) is 2.66. The van der Waals surface area contributed by atoms with Crippen LogP contribution < -0.4 is 10.3 Å². The van der Waals surface area contributed by atoms with Crippen LogP contribution >= 0.6 is 11.6 Å². The molecule has 1 heterocycles. The number of halogens is 3. The molecule has 0 fully saturated rings. The van der Waals surface area contributed by atoms with Crippen LogP contribution in [0.1, 0.15) is 16.5 Å². The lowest BCUT2D eigenvalue weighted by Gasteiger charge is -2.19. The zero-order valence-electron chi connectivity index (χ0n) is 15.1. The predicted molar refractivity (Wildman–Crippen MR) is 104 cm³/mol. The summed E-state index contributed by atoms with van der Waals surface area (Å²) in [5, 5.41) is -1.79. The first-order valence-electron chi connectivity index (χ1n) is 8.25. The zero-order chi connectivity index (χ0) is 21.2. The molecule has 10 heteroatoms. The number of nitrogens with zero attached hydrogens (tertiary/aromatic N) is 2. The van der Waals surface area contributed by atoms with Gasteiger partial charge in [-0.25, -0.2) is 22.2 Å². The number of ether oxygens (including phenoxy) is 1. The molecule has 1 aromatic heterocycles. The van der Waals surface area contributed by atoms with Gasteiger partial charge in [0.1, 0.15) is 24.6 Å². The Morgan fingerprint density at radius 3 is 2.48 bits per heavy atom. The van der Waals surface area contributed by atoms with E-state index in [1.54, 1.807) is 30.3 Å². The molecular weight excluding hydrogens is 426 g/mol. The molecule has 0 bridgehead atoms. The summed E-state index contributed by atoms with van der Waals surface area (Å²) in [5.74, 6) is -1.86. The van der Waals surface area contributed by atoms with Gasteiger partial charge in [-0.05, 0) is 17.7 Å². The van der Waals surface area contributed by atoms with E-state index in [9.17, 15) is 22.0 Å². The third kappa shape index (κ3) is 4.63. The number of rotatable bonds is 6. The Balaban J connectivity index is 1.95. The summed E-state index contributed by atoms with van der Waals surface area (Å²) in [4.78, 5) is 16.6. The lowest BCUT2D eigenvalue weighted by atomic mass is 10.2. The maximum Gasteiger partial charge on any atom is 0.277 e. The van der Waals surface area contributed by atoms with Crippen LogP contribution in [0.4, 0.5) is 8.78 Å². The lowest BCUT2D eigenvalue weighted by Crippen LogP contribution is -2.31. The molecule has 1 atom stereocenters. The number of hydrogen-bond donors (Lipinski definition) is 0. The first kappa shape index (κ1) is 20.9. The molecule has 0 saturated heterocycles. The van der Waals surface area contributed by atoms with Crippen molar-refractivity contribution in [2.45, 2.75) is 12.0 Å². The molecule has 0 N–H and O–H groups in total. The molecule has 152 valence electrons. The smallest absolute Gasteiger partial charge is 0.277 e. The van der Waals surface area contributed by atoms with Crippen molar-refractivity contribution in [1.29, 1.82) is 0 Å². The van der Waals surface area contributed by atoms with Gasteiger partial charge in [0.25, 0.3) is 5.56 Å². The molecule has 2 aromatic carbocycles. The normalized spacial score (nSPS) is 12.6. The average molecular weight is 441 g/mol. The predicted octanol–water partition coefficient (Wildman–Crippen LogP) is 3.35. The van der Waals surface area contributed by atoms with Gasteiger partial charge in [0.2, 0.25) is 5.88 Å². The summed E-state index contributed by atoms with van der Waals surface area (Å²) in [5.41, 5.74) is -0.445. The third-order valence-corrected chi connectivity index (χ3v) is 5.67. The van der Waals surface area contributed by atoms with E-state index in [-0.39, 0.29) is 18.1 Å². The molecule has 0 amide bonds. The van der Waals surface area contributed by atoms with E-state index >= 15 is 0 Å². The Bertz CT molecular complexity index is 1200. The molecule has 3 aromatic rings. The number of aromatic nitrogens is 2. The van der Waals surface area contributed by atoms with Crippen LogP contribution in [0.2, 0.25) is 5.02 Å². The highest BCUT2D eigenvalue weighted by molar-refractivity contribution is 7.90. The second kappa shape index (κ2) is 8.30. The van der Waals surface area contributed by atoms with Crippen LogP contribution in [0.3, 0.4) is 0 Å². The van der Waals surface area contributed by atoms with Crippen molar-refractivity contribution < 1.29 is 21.9 Å². The molecular formula is C19H15ClF2N2O4S. The largest absolute Gasteiger partial charge is 0.471 e. The van der Waals surface area contributed by atoms with Crippen molar-refractivity contribution in [3.05, 3.63) is 93.0 Å². The van der Waals surface area contributed by atoms with Crippen molar-refractivity contribution >= 4 is 21.4 Å². The Morgan fingerprint density at radius 1 is 1.17 bits per heavy atom. The van der Waals surface area contributed by atoms with E-state index in [0.717, 1.165) is 23.2 Å². The minimum Gasteiger partial charge on any atom is -0.471 e. The Kier molecular flexibility index (Phi) is 5.99. The molecule has 3 rings (SSSR count). The van der Waals surface area contributed by atoms with E-state index in [2.05, 4.69) is 4.98 Å². The summed E-state index contributed by atoms with van der Waals surface area (Å²) < 4.78 is 57.5. The minimum absolute atomic E-state index is 0.0340. The summed E-state index contributed by atoms with van der Waals surface area (Å²) in [6.07, 6.45) is 2.00. The molecule has 0 aliphatic heterocycles. The highest BCUT2D eigenvalue weighted by Crippen LogP contribution is 2.25. The van der Waals surface area contributed by atoms with Gasteiger partial charge in [0.15, 0.2) is 20.2 Å². The first-order valence-corrected chi connectivity index (χ1v) is 10.6. The lowest BCUT2D eigenvalue weighted by molar-refractivity contribution is 0.285. The van der Waals surface area contributed by atoms with Gasteiger partial charge in [-0.3, -0.25) is 9.36 Å². The SMILES string of the molecule is CS(=O)(=O)C(c1ccccc1)n1cnc(OCc2ccc(F)cc2F)c(Cl)c1=O. The quantitative estimate of drug-likeness (QED) is 0.587. The number of hydrogen-bond acceptors (Lipinski definition) is 5.